The van der Waals surface area contributed by atoms with Crippen molar-refractivity contribution in [1.29, 1.82) is 0 Å². The topological polar surface area (TPSA) is 103 Å². The SMILES string of the molecule is Nc1nonc1C(=O)NCC1CCOCC1. The van der Waals surface area contributed by atoms with Crippen LogP contribution in [-0.4, -0.2) is 36.0 Å². The van der Waals surface area contributed by atoms with E-state index in [9.17, 15) is 4.79 Å². The molecule has 0 bridgehead atoms. The van der Waals surface area contributed by atoms with Gasteiger partial charge >= 0.3 is 0 Å². The van der Waals surface area contributed by atoms with Crippen molar-refractivity contribution in [3.63, 3.8) is 0 Å². The minimum atomic E-state index is -0.342. The van der Waals surface area contributed by atoms with E-state index in [-0.39, 0.29) is 17.4 Å². The summed E-state index contributed by atoms with van der Waals surface area (Å²) < 4.78 is 9.58. The van der Waals surface area contributed by atoms with Gasteiger partial charge in [-0.1, -0.05) is 0 Å². The number of nitrogens with two attached hydrogens (primary N) is 1. The molecule has 1 amide bonds. The average Bonchev–Trinajstić information content (AvgIpc) is 2.74. The van der Waals surface area contributed by atoms with Gasteiger partial charge in [-0.15, -0.1) is 0 Å². The third-order valence-corrected chi connectivity index (χ3v) is 2.62. The first-order valence-corrected chi connectivity index (χ1v) is 5.21. The number of amides is 1. The monoisotopic (exact) mass is 226 g/mol. The number of carbonyl (C=O) groups is 1. The molecule has 2 heterocycles. The molecule has 0 aromatic carbocycles. The number of nitrogens with zero attached hydrogens (tertiary/aromatic N) is 2. The number of anilines is 1. The van der Waals surface area contributed by atoms with Gasteiger partial charge in [-0.2, -0.15) is 0 Å². The number of nitrogens with one attached hydrogen (secondary N) is 1. The van der Waals surface area contributed by atoms with E-state index in [2.05, 4.69) is 20.3 Å². The van der Waals surface area contributed by atoms with E-state index in [4.69, 9.17) is 10.5 Å². The molecule has 7 nitrogen and oxygen atoms in total. The van der Waals surface area contributed by atoms with Crippen molar-refractivity contribution in [1.82, 2.24) is 15.6 Å². The van der Waals surface area contributed by atoms with Gasteiger partial charge in [0.1, 0.15) is 0 Å². The molecule has 7 heteroatoms. The van der Waals surface area contributed by atoms with E-state index < -0.39 is 0 Å². The number of rotatable bonds is 3. The van der Waals surface area contributed by atoms with E-state index in [0.29, 0.717) is 12.5 Å². The zero-order valence-electron chi connectivity index (χ0n) is 8.81. The first-order valence-electron chi connectivity index (χ1n) is 5.21. The van der Waals surface area contributed by atoms with Crippen LogP contribution in [0.4, 0.5) is 5.82 Å². The Balaban J connectivity index is 1.81. The molecule has 1 fully saturated rings. The summed E-state index contributed by atoms with van der Waals surface area (Å²) in [6.07, 6.45) is 1.93. The normalized spacial score (nSPS) is 17.2. The molecular weight excluding hydrogens is 212 g/mol. The average molecular weight is 226 g/mol. The zero-order chi connectivity index (χ0) is 11.4. The number of hydrogen-bond acceptors (Lipinski definition) is 6. The Morgan fingerprint density at radius 1 is 1.44 bits per heavy atom. The molecule has 1 aromatic rings. The summed E-state index contributed by atoms with van der Waals surface area (Å²) in [6.45, 7) is 2.12. The molecular formula is C9H14N4O3. The van der Waals surface area contributed by atoms with Crippen LogP contribution in [0.25, 0.3) is 0 Å². The highest BCUT2D eigenvalue weighted by atomic mass is 16.6. The zero-order valence-corrected chi connectivity index (χ0v) is 8.81. The molecule has 1 aliphatic heterocycles. The summed E-state index contributed by atoms with van der Waals surface area (Å²) in [5.41, 5.74) is 5.45. The Morgan fingerprint density at radius 2 is 2.19 bits per heavy atom. The molecule has 0 saturated carbocycles. The van der Waals surface area contributed by atoms with Crippen LogP contribution in [0.3, 0.4) is 0 Å². The lowest BCUT2D eigenvalue weighted by molar-refractivity contribution is 0.0641. The van der Waals surface area contributed by atoms with E-state index in [1.54, 1.807) is 0 Å². The maximum Gasteiger partial charge on any atom is 0.277 e. The van der Waals surface area contributed by atoms with Crippen LogP contribution in [-0.2, 0) is 4.74 Å². The van der Waals surface area contributed by atoms with Crippen molar-refractivity contribution >= 4 is 11.7 Å². The molecule has 0 spiro atoms. The van der Waals surface area contributed by atoms with Crippen LogP contribution >= 0.6 is 0 Å². The number of ether oxygens (including phenoxy) is 1. The fourth-order valence-electron chi connectivity index (χ4n) is 1.62. The molecule has 0 radical (unpaired) electrons. The van der Waals surface area contributed by atoms with Gasteiger partial charge in [-0.05, 0) is 29.1 Å². The maximum absolute atomic E-state index is 11.6. The van der Waals surface area contributed by atoms with Crippen LogP contribution < -0.4 is 11.1 Å². The standard InChI is InChI=1S/C9H14N4O3/c10-8-7(12-16-13-8)9(14)11-5-6-1-3-15-4-2-6/h6H,1-5H2,(H2,10,13)(H,11,14). The number of hydrogen-bond donors (Lipinski definition) is 2. The Kier molecular flexibility index (Phi) is 3.35. The lowest BCUT2D eigenvalue weighted by Gasteiger charge is -2.21. The minimum Gasteiger partial charge on any atom is -0.381 e. The number of aromatic nitrogens is 2. The van der Waals surface area contributed by atoms with Crippen LogP contribution in [0.2, 0.25) is 0 Å². The summed E-state index contributed by atoms with van der Waals surface area (Å²) >= 11 is 0. The van der Waals surface area contributed by atoms with Gasteiger partial charge in [-0.25, -0.2) is 4.63 Å². The summed E-state index contributed by atoms with van der Waals surface area (Å²) in [5.74, 6) is 0.133. The van der Waals surface area contributed by atoms with Gasteiger partial charge in [0.15, 0.2) is 0 Å². The molecule has 16 heavy (non-hydrogen) atoms. The lowest BCUT2D eigenvalue weighted by atomic mass is 10.0. The quantitative estimate of drug-likeness (QED) is 0.740. The van der Waals surface area contributed by atoms with Crippen LogP contribution in [0, 0.1) is 5.92 Å². The summed E-state index contributed by atoms with van der Waals surface area (Å²) in [7, 11) is 0. The second-order valence-electron chi connectivity index (χ2n) is 3.76. The molecule has 88 valence electrons. The molecule has 1 aromatic heterocycles. The van der Waals surface area contributed by atoms with Crippen molar-refractivity contribution in [3.05, 3.63) is 5.69 Å². The third kappa shape index (κ3) is 2.48. The molecule has 0 unspecified atom stereocenters. The highest BCUT2D eigenvalue weighted by molar-refractivity contribution is 5.95. The van der Waals surface area contributed by atoms with Crippen molar-refractivity contribution in [3.8, 4) is 0 Å². The predicted molar refractivity (Wildman–Crippen MR) is 54.6 cm³/mol. The fourth-order valence-corrected chi connectivity index (χ4v) is 1.62. The van der Waals surface area contributed by atoms with E-state index in [0.717, 1.165) is 26.1 Å². The van der Waals surface area contributed by atoms with Gasteiger partial charge in [0, 0.05) is 19.8 Å². The molecule has 1 aliphatic rings. The lowest BCUT2D eigenvalue weighted by Crippen LogP contribution is -2.32. The summed E-state index contributed by atoms with van der Waals surface area (Å²) in [6, 6.07) is 0. The van der Waals surface area contributed by atoms with E-state index >= 15 is 0 Å². The molecule has 2 rings (SSSR count). The Labute approximate surface area is 92.3 Å². The van der Waals surface area contributed by atoms with Gasteiger partial charge in [-0.3, -0.25) is 4.79 Å². The smallest absolute Gasteiger partial charge is 0.277 e. The summed E-state index contributed by atoms with van der Waals surface area (Å²) in [4.78, 5) is 11.6. The van der Waals surface area contributed by atoms with Crippen LogP contribution in [0.5, 0.6) is 0 Å². The van der Waals surface area contributed by atoms with Gasteiger partial charge in [0.2, 0.25) is 11.5 Å². The Bertz CT molecular complexity index is 359. The van der Waals surface area contributed by atoms with Crippen LogP contribution in [0.15, 0.2) is 4.63 Å². The van der Waals surface area contributed by atoms with Crippen molar-refractivity contribution in [2.24, 2.45) is 5.92 Å². The highest BCUT2D eigenvalue weighted by Gasteiger charge is 2.18. The summed E-state index contributed by atoms with van der Waals surface area (Å²) in [5, 5.41) is 9.53. The highest BCUT2D eigenvalue weighted by Crippen LogP contribution is 2.13. The second-order valence-corrected chi connectivity index (χ2v) is 3.76. The molecule has 3 N–H and O–H groups in total. The predicted octanol–water partition coefficient (Wildman–Crippen LogP) is -0.192. The second kappa shape index (κ2) is 4.93. The van der Waals surface area contributed by atoms with Crippen molar-refractivity contribution in [2.45, 2.75) is 12.8 Å². The first kappa shape index (κ1) is 10.9. The Morgan fingerprint density at radius 3 is 2.81 bits per heavy atom. The van der Waals surface area contributed by atoms with Crippen molar-refractivity contribution < 1.29 is 14.2 Å². The fraction of sp³-hybridized carbons (Fsp3) is 0.667. The number of nitrogen functional groups attached to an aromatic ring is 1. The maximum atomic E-state index is 11.6. The first-order chi connectivity index (χ1) is 7.77. The van der Waals surface area contributed by atoms with E-state index in [1.165, 1.54) is 0 Å². The minimum absolute atomic E-state index is 0.0180. The van der Waals surface area contributed by atoms with Crippen molar-refractivity contribution in [2.75, 3.05) is 25.5 Å². The van der Waals surface area contributed by atoms with Gasteiger partial charge < -0.3 is 15.8 Å². The Hall–Kier alpha value is -1.63. The number of carbonyl (C=O) groups excluding carboxylic acids is 1. The van der Waals surface area contributed by atoms with E-state index in [1.807, 2.05) is 0 Å². The van der Waals surface area contributed by atoms with Gasteiger partial charge in [0.05, 0.1) is 0 Å². The van der Waals surface area contributed by atoms with Crippen LogP contribution in [0.1, 0.15) is 23.3 Å². The van der Waals surface area contributed by atoms with Gasteiger partial charge in [0.25, 0.3) is 5.91 Å². The third-order valence-electron chi connectivity index (χ3n) is 2.62. The molecule has 1 saturated heterocycles. The largest absolute Gasteiger partial charge is 0.381 e. The molecule has 0 aliphatic carbocycles. The molecule has 0 atom stereocenters.